The third kappa shape index (κ3) is 4.37. The molecule has 0 radical (unpaired) electrons. The molecule has 2 rings (SSSR count). The van der Waals surface area contributed by atoms with E-state index in [4.69, 9.17) is 11.6 Å². The molecule has 1 fully saturated rings. The second-order valence-electron chi connectivity index (χ2n) is 5.12. The lowest BCUT2D eigenvalue weighted by molar-refractivity contribution is -0.129. The van der Waals surface area contributed by atoms with Crippen LogP contribution in [0.15, 0.2) is 24.3 Å². The summed E-state index contributed by atoms with van der Waals surface area (Å²) in [7, 11) is 0. The van der Waals surface area contributed by atoms with Gasteiger partial charge in [0.15, 0.2) is 0 Å². The molecule has 1 aromatic carbocycles. The maximum atomic E-state index is 12.0. The molecule has 1 aliphatic rings. The Hall–Kier alpha value is -0.770. The van der Waals surface area contributed by atoms with Crippen molar-refractivity contribution in [1.29, 1.82) is 0 Å². The zero-order valence-electron chi connectivity index (χ0n) is 11.0. The van der Waals surface area contributed by atoms with Crippen molar-refractivity contribution in [1.82, 2.24) is 10.6 Å². The third-order valence-electron chi connectivity index (χ3n) is 3.51. The van der Waals surface area contributed by atoms with E-state index < -0.39 is 0 Å². The fourth-order valence-electron chi connectivity index (χ4n) is 2.24. The predicted octanol–water partition coefficient (Wildman–Crippen LogP) is 2.42. The quantitative estimate of drug-likeness (QED) is 0.897. The summed E-state index contributed by atoms with van der Waals surface area (Å²) in [6, 6.07) is 7.75. The van der Waals surface area contributed by atoms with Crippen LogP contribution in [0.3, 0.4) is 0 Å². The van der Waals surface area contributed by atoms with E-state index in [9.17, 15) is 4.79 Å². The number of halogens is 2. The monoisotopic (exact) mass is 302 g/mol. The minimum absolute atomic E-state index is 0. The molecule has 1 aliphatic heterocycles. The molecule has 19 heavy (non-hydrogen) atoms. The highest BCUT2D eigenvalue weighted by molar-refractivity contribution is 6.30. The zero-order valence-corrected chi connectivity index (χ0v) is 12.6. The molecule has 1 aromatic rings. The topological polar surface area (TPSA) is 41.1 Å². The van der Waals surface area contributed by atoms with Crippen LogP contribution in [0.1, 0.15) is 18.9 Å². The molecule has 1 amide bonds. The van der Waals surface area contributed by atoms with Gasteiger partial charge in [0.05, 0.1) is 5.41 Å². The molecule has 1 heterocycles. The van der Waals surface area contributed by atoms with Crippen molar-refractivity contribution < 1.29 is 4.79 Å². The summed E-state index contributed by atoms with van der Waals surface area (Å²) in [5, 5.41) is 6.98. The van der Waals surface area contributed by atoms with E-state index in [0.717, 1.165) is 36.5 Å². The first kappa shape index (κ1) is 16.3. The zero-order chi connectivity index (χ0) is 13.0. The van der Waals surface area contributed by atoms with Crippen LogP contribution in [0.25, 0.3) is 0 Å². The second kappa shape index (κ2) is 7.13. The number of hydrogen-bond donors (Lipinski definition) is 2. The van der Waals surface area contributed by atoms with Crippen molar-refractivity contribution in [2.75, 3.05) is 19.6 Å². The Morgan fingerprint density at radius 3 is 2.95 bits per heavy atom. The lowest BCUT2D eigenvalue weighted by Gasteiger charge is -2.21. The highest BCUT2D eigenvalue weighted by Gasteiger charge is 2.35. The normalized spacial score (nSPS) is 21.8. The van der Waals surface area contributed by atoms with Gasteiger partial charge in [0.1, 0.15) is 0 Å². The van der Waals surface area contributed by atoms with Gasteiger partial charge in [-0.25, -0.2) is 0 Å². The van der Waals surface area contributed by atoms with Crippen molar-refractivity contribution in [3.8, 4) is 0 Å². The molecule has 3 nitrogen and oxygen atoms in total. The van der Waals surface area contributed by atoms with Crippen LogP contribution < -0.4 is 10.6 Å². The van der Waals surface area contributed by atoms with E-state index in [2.05, 4.69) is 10.6 Å². The van der Waals surface area contributed by atoms with Gasteiger partial charge >= 0.3 is 0 Å². The van der Waals surface area contributed by atoms with Gasteiger partial charge in [-0.05, 0) is 44.0 Å². The van der Waals surface area contributed by atoms with Gasteiger partial charge in [-0.2, -0.15) is 0 Å². The maximum absolute atomic E-state index is 12.0. The van der Waals surface area contributed by atoms with E-state index in [0.29, 0.717) is 6.54 Å². The first-order valence-electron chi connectivity index (χ1n) is 6.34. The van der Waals surface area contributed by atoms with E-state index in [1.165, 1.54) is 0 Å². The van der Waals surface area contributed by atoms with Gasteiger partial charge in [-0.3, -0.25) is 4.79 Å². The number of benzene rings is 1. The molecule has 5 heteroatoms. The molecular formula is C14H20Cl2N2O. The summed E-state index contributed by atoms with van der Waals surface area (Å²) in [5.74, 6) is 0.148. The molecule has 1 unspecified atom stereocenters. The van der Waals surface area contributed by atoms with Gasteiger partial charge in [0, 0.05) is 18.1 Å². The predicted molar refractivity (Wildman–Crippen MR) is 81.0 cm³/mol. The Kier molecular flexibility index (Phi) is 6.11. The van der Waals surface area contributed by atoms with Crippen LogP contribution in [0.4, 0.5) is 0 Å². The van der Waals surface area contributed by atoms with Crippen LogP contribution in [0, 0.1) is 5.41 Å². The molecule has 1 atom stereocenters. The van der Waals surface area contributed by atoms with Crippen molar-refractivity contribution in [2.45, 2.75) is 19.8 Å². The first-order chi connectivity index (χ1) is 8.60. The highest BCUT2D eigenvalue weighted by Crippen LogP contribution is 2.24. The average molecular weight is 303 g/mol. The lowest BCUT2D eigenvalue weighted by Crippen LogP contribution is -2.41. The Labute approximate surface area is 125 Å². The molecule has 2 N–H and O–H groups in total. The minimum atomic E-state index is -0.242. The number of carbonyl (C=O) groups is 1. The number of nitrogens with one attached hydrogen (secondary N) is 2. The molecule has 1 saturated heterocycles. The smallest absolute Gasteiger partial charge is 0.227 e. The molecule has 0 aliphatic carbocycles. The second-order valence-corrected chi connectivity index (χ2v) is 5.56. The number of rotatable bonds is 4. The van der Waals surface area contributed by atoms with E-state index >= 15 is 0 Å². The molecule has 106 valence electrons. The number of hydrogen-bond acceptors (Lipinski definition) is 2. The van der Waals surface area contributed by atoms with E-state index in [-0.39, 0.29) is 23.7 Å². The van der Waals surface area contributed by atoms with Gasteiger partial charge in [-0.15, -0.1) is 12.4 Å². The Balaban J connectivity index is 0.00000180. The van der Waals surface area contributed by atoms with Crippen LogP contribution >= 0.6 is 24.0 Å². The third-order valence-corrected chi connectivity index (χ3v) is 3.74. The summed E-state index contributed by atoms with van der Waals surface area (Å²) in [5.41, 5.74) is 0.909. The van der Waals surface area contributed by atoms with Gasteiger partial charge in [0.2, 0.25) is 5.91 Å². The average Bonchev–Trinajstić information content (AvgIpc) is 2.77. The fourth-order valence-corrected chi connectivity index (χ4v) is 2.45. The summed E-state index contributed by atoms with van der Waals surface area (Å²) >= 11 is 5.92. The van der Waals surface area contributed by atoms with Crippen LogP contribution in [0.5, 0.6) is 0 Å². The maximum Gasteiger partial charge on any atom is 0.227 e. The first-order valence-corrected chi connectivity index (χ1v) is 6.71. The number of amides is 1. The van der Waals surface area contributed by atoms with Crippen LogP contribution in [-0.4, -0.2) is 25.5 Å². The van der Waals surface area contributed by atoms with Crippen molar-refractivity contribution in [3.05, 3.63) is 34.9 Å². The fraction of sp³-hybridized carbons (Fsp3) is 0.500. The molecule has 0 bridgehead atoms. The molecular weight excluding hydrogens is 283 g/mol. The lowest BCUT2D eigenvalue weighted by atomic mass is 9.89. The minimum Gasteiger partial charge on any atom is -0.355 e. The van der Waals surface area contributed by atoms with E-state index in [1.807, 2.05) is 31.2 Å². The Morgan fingerprint density at radius 1 is 1.53 bits per heavy atom. The van der Waals surface area contributed by atoms with E-state index in [1.54, 1.807) is 0 Å². The standard InChI is InChI=1S/C14H19ClN2O.ClH/c1-14(6-8-16-10-14)13(18)17-7-5-11-3-2-4-12(15)9-11;/h2-4,9,16H,5-8,10H2,1H3,(H,17,18);1H. The van der Waals surface area contributed by atoms with Gasteiger partial charge in [0.25, 0.3) is 0 Å². The molecule has 0 saturated carbocycles. The van der Waals surface area contributed by atoms with Crippen molar-refractivity contribution in [3.63, 3.8) is 0 Å². The molecule has 0 aromatic heterocycles. The van der Waals surface area contributed by atoms with Crippen LogP contribution in [0.2, 0.25) is 5.02 Å². The van der Waals surface area contributed by atoms with Gasteiger partial charge in [-0.1, -0.05) is 23.7 Å². The van der Waals surface area contributed by atoms with Crippen LogP contribution in [-0.2, 0) is 11.2 Å². The highest BCUT2D eigenvalue weighted by atomic mass is 35.5. The summed E-state index contributed by atoms with van der Waals surface area (Å²) in [6.45, 7) is 4.38. The largest absolute Gasteiger partial charge is 0.355 e. The molecule has 0 spiro atoms. The Morgan fingerprint density at radius 2 is 2.32 bits per heavy atom. The Bertz CT molecular complexity index is 431. The number of carbonyl (C=O) groups excluding carboxylic acids is 1. The van der Waals surface area contributed by atoms with Crippen molar-refractivity contribution in [2.24, 2.45) is 5.41 Å². The summed E-state index contributed by atoms with van der Waals surface area (Å²) < 4.78 is 0. The summed E-state index contributed by atoms with van der Waals surface area (Å²) in [4.78, 5) is 12.0. The van der Waals surface area contributed by atoms with Gasteiger partial charge < -0.3 is 10.6 Å². The van der Waals surface area contributed by atoms with Crippen molar-refractivity contribution >= 4 is 29.9 Å². The summed E-state index contributed by atoms with van der Waals surface area (Å²) in [6.07, 6.45) is 1.73. The SMILES string of the molecule is CC1(C(=O)NCCc2cccc(Cl)c2)CCNC1.Cl.